The average molecular weight is 192 g/mol. The third-order valence-corrected chi connectivity index (χ3v) is 2.47. The van der Waals surface area contributed by atoms with E-state index in [1.807, 2.05) is 0 Å². The molecule has 64 valence electrons. The Hall–Kier alpha value is 1.11. The van der Waals surface area contributed by atoms with Gasteiger partial charge in [0.1, 0.15) is 6.35 Å². The second-order valence-electron chi connectivity index (χ2n) is 1.59. The van der Waals surface area contributed by atoms with E-state index >= 15 is 0 Å². The van der Waals surface area contributed by atoms with Crippen LogP contribution in [0.2, 0.25) is 0 Å². The van der Waals surface area contributed by atoms with Gasteiger partial charge in [0.05, 0.1) is 13.2 Å². The minimum Gasteiger partial charge on any atom is -1.00 e. The first-order valence-corrected chi connectivity index (χ1v) is 4.90. The van der Waals surface area contributed by atoms with Crippen LogP contribution in [0.15, 0.2) is 0 Å². The number of rotatable bonds is 5. The summed E-state index contributed by atoms with van der Waals surface area (Å²) in [7, 11) is -3.14. The molecule has 6 heteroatoms. The van der Waals surface area contributed by atoms with E-state index in [9.17, 15) is 4.57 Å². The molecule has 0 aliphatic rings. The third-order valence-electron chi connectivity index (χ3n) is 0.825. The molecule has 1 N–H and O–H groups in total. The molecule has 0 amide bonds. The Kier molecular flexibility index (Phi) is 10.3. The average Bonchev–Trinajstić information content (AvgIpc) is 1.89. The van der Waals surface area contributed by atoms with Crippen molar-refractivity contribution in [3.05, 3.63) is 0 Å². The second-order valence-corrected chi connectivity index (χ2v) is 3.61. The van der Waals surface area contributed by atoms with Gasteiger partial charge in [0.2, 0.25) is 0 Å². The largest absolute Gasteiger partial charge is 1.00 e. The van der Waals surface area contributed by atoms with Crippen LogP contribution >= 0.6 is 7.60 Å². The Labute approximate surface area is 90.6 Å². The van der Waals surface area contributed by atoms with Crippen LogP contribution in [-0.4, -0.2) is 24.7 Å². The molecule has 0 aromatic heterocycles. The Bertz CT molecular complexity index is 125. The maximum atomic E-state index is 11.1. The fraction of sp³-hybridized carbons (Fsp3) is 1.00. The fourth-order valence-corrected chi connectivity index (χ4v) is 1.54. The van der Waals surface area contributed by atoms with Gasteiger partial charge in [-0.05, 0) is 13.8 Å². The van der Waals surface area contributed by atoms with Crippen molar-refractivity contribution in [1.29, 1.82) is 0 Å². The van der Waals surface area contributed by atoms with E-state index in [4.69, 9.17) is 14.2 Å². The molecule has 0 aromatic rings. The molecule has 0 spiro atoms. The summed E-state index contributed by atoms with van der Waals surface area (Å²) in [5.74, 6) is 0. The molecule has 0 saturated carbocycles. The second kappa shape index (κ2) is 7.74. The summed E-state index contributed by atoms with van der Waals surface area (Å²) in [5, 5.41) is 8.53. The number of aliphatic hydroxyl groups is 1. The summed E-state index contributed by atoms with van der Waals surface area (Å²) >= 11 is 0. The summed E-state index contributed by atoms with van der Waals surface area (Å²) in [4.78, 5) is 0. The molecule has 0 saturated heterocycles. The van der Waals surface area contributed by atoms with Gasteiger partial charge in [-0.25, -0.2) is 0 Å². The van der Waals surface area contributed by atoms with Crippen molar-refractivity contribution in [2.45, 2.75) is 13.8 Å². The van der Waals surface area contributed by atoms with Crippen molar-refractivity contribution < 1.29 is 49.7 Å². The van der Waals surface area contributed by atoms with Gasteiger partial charge in [-0.3, -0.25) is 4.57 Å². The van der Waals surface area contributed by atoms with Gasteiger partial charge in [-0.2, -0.15) is 0 Å². The molecule has 0 aromatic carbocycles. The number of aliphatic hydroxyl groups excluding tert-OH is 1. The molecular formula is C5H14NaO4P. The smallest absolute Gasteiger partial charge is 1.00 e. The standard InChI is InChI=1S/C5H13O4P.Na.H/c1-3-8-10(7,5-6)9-4-2;;/h6H,3-5H2,1-2H3;;/q;+1;-1. The van der Waals surface area contributed by atoms with Crippen LogP contribution in [0.3, 0.4) is 0 Å². The first-order chi connectivity index (χ1) is 4.68. The summed E-state index contributed by atoms with van der Waals surface area (Å²) < 4.78 is 20.5. The molecule has 0 aliphatic heterocycles. The predicted molar refractivity (Wildman–Crippen MR) is 39.1 cm³/mol. The number of hydrogen-bond donors (Lipinski definition) is 1. The number of hydrogen-bond acceptors (Lipinski definition) is 4. The Morgan fingerprint density at radius 2 is 1.73 bits per heavy atom. The van der Waals surface area contributed by atoms with Gasteiger partial charge in [0.15, 0.2) is 0 Å². The van der Waals surface area contributed by atoms with Crippen LogP contribution in [0.25, 0.3) is 0 Å². The SMILES string of the molecule is CCOP(=O)(CO)OCC.[H-].[Na+]. The fourth-order valence-electron chi connectivity index (χ4n) is 0.512. The molecule has 0 aliphatic carbocycles. The zero-order chi connectivity index (χ0) is 8.04. The van der Waals surface area contributed by atoms with E-state index < -0.39 is 13.9 Å². The van der Waals surface area contributed by atoms with Gasteiger partial charge in [-0.1, -0.05) is 0 Å². The molecule has 0 heterocycles. The van der Waals surface area contributed by atoms with E-state index in [-0.39, 0.29) is 44.2 Å². The van der Waals surface area contributed by atoms with E-state index in [1.165, 1.54) is 0 Å². The van der Waals surface area contributed by atoms with Crippen LogP contribution in [0.4, 0.5) is 0 Å². The predicted octanol–water partition coefficient (Wildman–Crippen LogP) is -1.68. The van der Waals surface area contributed by atoms with Crippen LogP contribution in [-0.2, 0) is 13.6 Å². The van der Waals surface area contributed by atoms with Crippen molar-refractivity contribution >= 4 is 7.60 Å². The third kappa shape index (κ3) is 6.29. The molecule has 4 nitrogen and oxygen atoms in total. The van der Waals surface area contributed by atoms with E-state index in [0.717, 1.165) is 0 Å². The Morgan fingerprint density at radius 1 is 1.36 bits per heavy atom. The summed E-state index contributed by atoms with van der Waals surface area (Å²) in [5.41, 5.74) is 0. The van der Waals surface area contributed by atoms with Gasteiger partial charge in [0, 0.05) is 0 Å². The van der Waals surface area contributed by atoms with E-state index in [0.29, 0.717) is 0 Å². The summed E-state index contributed by atoms with van der Waals surface area (Å²) in [6.45, 7) is 3.97. The van der Waals surface area contributed by atoms with Crippen molar-refractivity contribution in [2.24, 2.45) is 0 Å². The molecule has 11 heavy (non-hydrogen) atoms. The minimum atomic E-state index is -3.14. The van der Waals surface area contributed by atoms with Crippen molar-refractivity contribution in [1.82, 2.24) is 0 Å². The zero-order valence-corrected chi connectivity index (χ0v) is 10.1. The van der Waals surface area contributed by atoms with Crippen LogP contribution in [0.1, 0.15) is 15.3 Å². The Morgan fingerprint density at radius 3 is 1.91 bits per heavy atom. The summed E-state index contributed by atoms with van der Waals surface area (Å²) in [6.07, 6.45) is -0.547. The van der Waals surface area contributed by atoms with Crippen LogP contribution in [0, 0.1) is 0 Å². The van der Waals surface area contributed by atoms with Gasteiger partial charge >= 0.3 is 37.2 Å². The van der Waals surface area contributed by atoms with Crippen LogP contribution < -0.4 is 29.6 Å². The zero-order valence-electron chi connectivity index (χ0n) is 8.24. The molecule has 0 radical (unpaired) electrons. The van der Waals surface area contributed by atoms with E-state index in [2.05, 4.69) is 0 Å². The maximum Gasteiger partial charge on any atom is 1.00 e. The minimum absolute atomic E-state index is 0. The molecule has 0 unspecified atom stereocenters. The van der Waals surface area contributed by atoms with Crippen molar-refractivity contribution in [2.75, 3.05) is 19.6 Å². The van der Waals surface area contributed by atoms with Gasteiger partial charge < -0.3 is 15.6 Å². The maximum absolute atomic E-state index is 11.1. The van der Waals surface area contributed by atoms with E-state index in [1.54, 1.807) is 13.8 Å². The first kappa shape index (κ1) is 14.6. The summed E-state index contributed by atoms with van der Waals surface area (Å²) in [6, 6.07) is 0. The molecular weight excluding hydrogens is 178 g/mol. The van der Waals surface area contributed by atoms with Gasteiger partial charge in [-0.15, -0.1) is 0 Å². The van der Waals surface area contributed by atoms with Crippen molar-refractivity contribution in [3.8, 4) is 0 Å². The monoisotopic (exact) mass is 192 g/mol. The topological polar surface area (TPSA) is 55.8 Å². The molecule has 0 atom stereocenters. The molecule has 0 bridgehead atoms. The Balaban J connectivity index is -0.000000405. The molecule has 0 fully saturated rings. The van der Waals surface area contributed by atoms with Gasteiger partial charge in [0.25, 0.3) is 0 Å². The first-order valence-electron chi connectivity index (χ1n) is 3.17. The van der Waals surface area contributed by atoms with Crippen molar-refractivity contribution in [3.63, 3.8) is 0 Å². The normalized spacial score (nSPS) is 10.8. The quantitative estimate of drug-likeness (QED) is 0.417. The molecule has 0 rings (SSSR count). The van der Waals surface area contributed by atoms with Crippen LogP contribution in [0.5, 0.6) is 0 Å².